The number of rotatable bonds is 0. The molecular weight excluding hydrogens is 196 g/mol. The number of hydrogen-bond acceptors (Lipinski definition) is 1. The summed E-state index contributed by atoms with van der Waals surface area (Å²) in [6.45, 7) is 8.85. The zero-order valence-electron chi connectivity index (χ0n) is 11.2. The minimum atomic E-state index is -0.158. The lowest BCUT2D eigenvalue weighted by Crippen LogP contribution is -2.16. The summed E-state index contributed by atoms with van der Waals surface area (Å²) in [5.74, 6) is 0.373. The normalized spacial score (nSPS) is 36.9. The zero-order valence-corrected chi connectivity index (χ0v) is 11.2. The molecule has 0 bridgehead atoms. The Morgan fingerprint density at radius 2 is 2.06 bits per heavy atom. The molecule has 1 aliphatic rings. The first-order valence-corrected chi connectivity index (χ1v) is 6.42. The lowest BCUT2D eigenvalue weighted by atomic mass is 9.87. The fourth-order valence-corrected chi connectivity index (χ4v) is 2.03. The largest absolute Gasteiger partial charge is 0.393 e. The maximum atomic E-state index is 9.98. The number of hydrogen-bond donors (Lipinski definition) is 1. The van der Waals surface area contributed by atoms with Crippen molar-refractivity contribution >= 4 is 0 Å². The van der Waals surface area contributed by atoms with E-state index in [4.69, 9.17) is 0 Å². The van der Waals surface area contributed by atoms with Crippen molar-refractivity contribution in [3.63, 3.8) is 0 Å². The van der Waals surface area contributed by atoms with E-state index in [9.17, 15) is 5.11 Å². The maximum Gasteiger partial charge on any atom is 0.0571 e. The van der Waals surface area contributed by atoms with Crippen LogP contribution in [0.25, 0.3) is 0 Å². The highest BCUT2D eigenvalue weighted by Gasteiger charge is 2.16. The standard InChI is InChI=1S/C15H26O/c1-12-7-8-14(16)13(2)6-5-10-15(3,4)11-9-12/h5,9-10,13-14,16H,6-8,11H2,1-4H3/b10-5-,12-9-. The first-order chi connectivity index (χ1) is 7.41. The molecule has 1 rings (SSSR count). The molecule has 0 heterocycles. The Labute approximate surface area is 100 Å². The molecule has 0 aromatic rings. The van der Waals surface area contributed by atoms with Gasteiger partial charge in [-0.3, -0.25) is 0 Å². The van der Waals surface area contributed by atoms with E-state index in [0.29, 0.717) is 5.92 Å². The fourth-order valence-electron chi connectivity index (χ4n) is 2.03. The van der Waals surface area contributed by atoms with Crippen LogP contribution >= 0.6 is 0 Å². The van der Waals surface area contributed by atoms with Gasteiger partial charge in [0.05, 0.1) is 6.10 Å². The van der Waals surface area contributed by atoms with Crippen molar-refractivity contribution < 1.29 is 5.11 Å². The average molecular weight is 222 g/mol. The Hall–Kier alpha value is -0.560. The van der Waals surface area contributed by atoms with E-state index >= 15 is 0 Å². The van der Waals surface area contributed by atoms with Crippen molar-refractivity contribution in [2.75, 3.05) is 0 Å². The molecule has 0 amide bonds. The molecule has 1 aliphatic carbocycles. The molecule has 0 saturated carbocycles. The summed E-state index contributed by atoms with van der Waals surface area (Å²) in [4.78, 5) is 0. The molecule has 1 N–H and O–H groups in total. The van der Waals surface area contributed by atoms with E-state index < -0.39 is 0 Å². The Morgan fingerprint density at radius 3 is 2.75 bits per heavy atom. The molecule has 1 heteroatoms. The first-order valence-electron chi connectivity index (χ1n) is 6.42. The fraction of sp³-hybridized carbons (Fsp3) is 0.733. The third kappa shape index (κ3) is 4.52. The van der Waals surface area contributed by atoms with E-state index in [1.165, 1.54) is 5.57 Å². The Balaban J connectivity index is 2.77. The van der Waals surface area contributed by atoms with E-state index in [-0.39, 0.29) is 11.5 Å². The summed E-state index contributed by atoms with van der Waals surface area (Å²) < 4.78 is 0. The van der Waals surface area contributed by atoms with Gasteiger partial charge < -0.3 is 5.11 Å². The smallest absolute Gasteiger partial charge is 0.0571 e. The highest BCUT2D eigenvalue weighted by Crippen LogP contribution is 2.27. The maximum absolute atomic E-state index is 9.98. The topological polar surface area (TPSA) is 20.2 Å². The molecule has 16 heavy (non-hydrogen) atoms. The van der Waals surface area contributed by atoms with E-state index in [0.717, 1.165) is 25.7 Å². The number of aliphatic hydroxyl groups is 1. The highest BCUT2D eigenvalue weighted by atomic mass is 16.3. The van der Waals surface area contributed by atoms with Gasteiger partial charge in [-0.15, -0.1) is 0 Å². The predicted octanol–water partition coefficient (Wildman–Crippen LogP) is 4.09. The molecule has 0 aromatic heterocycles. The van der Waals surface area contributed by atoms with Gasteiger partial charge in [0.25, 0.3) is 0 Å². The second-order valence-corrected chi connectivity index (χ2v) is 5.96. The van der Waals surface area contributed by atoms with Gasteiger partial charge in [0.1, 0.15) is 0 Å². The molecule has 0 radical (unpaired) electrons. The second kappa shape index (κ2) is 5.67. The molecular formula is C15H26O. The minimum absolute atomic E-state index is 0.158. The predicted molar refractivity (Wildman–Crippen MR) is 70.3 cm³/mol. The summed E-state index contributed by atoms with van der Waals surface area (Å²) in [6, 6.07) is 0. The molecule has 2 unspecified atom stereocenters. The second-order valence-electron chi connectivity index (χ2n) is 5.96. The van der Waals surface area contributed by atoms with Crippen LogP contribution in [-0.2, 0) is 0 Å². The quantitative estimate of drug-likeness (QED) is 0.612. The first kappa shape index (κ1) is 13.5. The van der Waals surface area contributed by atoms with Gasteiger partial charge in [0.15, 0.2) is 0 Å². The van der Waals surface area contributed by atoms with Crippen molar-refractivity contribution in [1.29, 1.82) is 0 Å². The Kier molecular flexibility index (Phi) is 4.79. The molecule has 92 valence electrons. The Bertz CT molecular complexity index is 273. The van der Waals surface area contributed by atoms with Crippen LogP contribution in [0.5, 0.6) is 0 Å². The van der Waals surface area contributed by atoms with E-state index in [1.54, 1.807) is 0 Å². The highest BCUT2D eigenvalue weighted by molar-refractivity contribution is 5.06. The molecule has 0 spiro atoms. The Morgan fingerprint density at radius 1 is 1.38 bits per heavy atom. The molecule has 0 aliphatic heterocycles. The van der Waals surface area contributed by atoms with Crippen LogP contribution in [-0.4, -0.2) is 11.2 Å². The van der Waals surface area contributed by atoms with Crippen LogP contribution in [0.15, 0.2) is 23.8 Å². The van der Waals surface area contributed by atoms with Crippen LogP contribution < -0.4 is 0 Å². The van der Waals surface area contributed by atoms with Gasteiger partial charge in [-0.25, -0.2) is 0 Å². The van der Waals surface area contributed by atoms with E-state index in [1.807, 2.05) is 0 Å². The molecule has 1 nitrogen and oxygen atoms in total. The van der Waals surface area contributed by atoms with Crippen molar-refractivity contribution in [3.05, 3.63) is 23.8 Å². The summed E-state index contributed by atoms with van der Waals surface area (Å²) in [7, 11) is 0. The van der Waals surface area contributed by atoms with Crippen molar-refractivity contribution in [3.8, 4) is 0 Å². The average Bonchev–Trinajstić information content (AvgIpc) is 2.23. The van der Waals surface area contributed by atoms with Crippen molar-refractivity contribution in [1.82, 2.24) is 0 Å². The van der Waals surface area contributed by atoms with Crippen molar-refractivity contribution in [2.45, 2.75) is 59.5 Å². The summed E-state index contributed by atoms with van der Waals surface area (Å²) >= 11 is 0. The van der Waals surface area contributed by atoms with Gasteiger partial charge >= 0.3 is 0 Å². The molecule has 2 atom stereocenters. The minimum Gasteiger partial charge on any atom is -0.393 e. The summed E-state index contributed by atoms with van der Waals surface area (Å²) in [5.41, 5.74) is 1.66. The van der Waals surface area contributed by atoms with Gasteiger partial charge in [0.2, 0.25) is 0 Å². The van der Waals surface area contributed by atoms with Crippen LogP contribution in [0.4, 0.5) is 0 Å². The zero-order chi connectivity index (χ0) is 12.2. The van der Waals surface area contributed by atoms with Crippen LogP contribution in [0.1, 0.15) is 53.4 Å². The summed E-state index contributed by atoms with van der Waals surface area (Å²) in [6.07, 6.45) is 10.7. The lowest BCUT2D eigenvalue weighted by molar-refractivity contribution is 0.109. The third-order valence-corrected chi connectivity index (χ3v) is 3.54. The van der Waals surface area contributed by atoms with Gasteiger partial charge in [-0.1, -0.05) is 44.6 Å². The summed E-state index contributed by atoms with van der Waals surface area (Å²) in [5, 5.41) is 9.98. The van der Waals surface area contributed by atoms with Crippen LogP contribution in [0.3, 0.4) is 0 Å². The third-order valence-electron chi connectivity index (χ3n) is 3.54. The lowest BCUT2D eigenvalue weighted by Gasteiger charge is -2.18. The van der Waals surface area contributed by atoms with E-state index in [2.05, 4.69) is 45.9 Å². The monoisotopic (exact) mass is 222 g/mol. The van der Waals surface area contributed by atoms with Crippen LogP contribution in [0, 0.1) is 11.3 Å². The molecule has 0 aromatic carbocycles. The molecule has 0 saturated heterocycles. The van der Waals surface area contributed by atoms with Gasteiger partial charge in [0, 0.05) is 0 Å². The van der Waals surface area contributed by atoms with Gasteiger partial charge in [-0.05, 0) is 43.9 Å². The number of aliphatic hydroxyl groups excluding tert-OH is 1. The van der Waals surface area contributed by atoms with Crippen molar-refractivity contribution in [2.24, 2.45) is 11.3 Å². The molecule has 0 fully saturated rings. The number of allylic oxidation sites excluding steroid dienone is 4. The SMILES string of the molecule is C/C1=C/CC(C)(C)/C=C\CC(C)C(O)CC1. The van der Waals surface area contributed by atoms with Crippen LogP contribution in [0.2, 0.25) is 0 Å². The van der Waals surface area contributed by atoms with Gasteiger partial charge in [-0.2, -0.15) is 0 Å².